The number of carbonyl (C=O) groups excluding carboxylic acids is 2. The molecule has 8 heteroatoms. The number of anilines is 1. The van der Waals surface area contributed by atoms with Crippen molar-refractivity contribution in [1.82, 2.24) is 10.2 Å². The van der Waals surface area contributed by atoms with Gasteiger partial charge in [-0.3, -0.25) is 14.5 Å². The fourth-order valence-corrected chi connectivity index (χ4v) is 3.13. The van der Waals surface area contributed by atoms with E-state index in [4.69, 9.17) is 4.74 Å². The highest BCUT2D eigenvalue weighted by Crippen LogP contribution is 2.21. The third-order valence-corrected chi connectivity index (χ3v) is 4.64. The van der Waals surface area contributed by atoms with Crippen LogP contribution in [0.5, 0.6) is 0 Å². The summed E-state index contributed by atoms with van der Waals surface area (Å²) >= 11 is 0. The first-order valence-electron chi connectivity index (χ1n) is 9.46. The van der Waals surface area contributed by atoms with E-state index < -0.39 is 23.4 Å². The molecule has 1 aliphatic rings. The fourth-order valence-electron chi connectivity index (χ4n) is 3.13. The summed E-state index contributed by atoms with van der Waals surface area (Å²) in [6.07, 6.45) is 0.682. The van der Waals surface area contributed by atoms with Crippen molar-refractivity contribution in [2.24, 2.45) is 0 Å². The lowest BCUT2D eigenvalue weighted by Crippen LogP contribution is -2.41. The van der Waals surface area contributed by atoms with E-state index in [1.165, 1.54) is 0 Å². The summed E-state index contributed by atoms with van der Waals surface area (Å²) in [5.74, 6) is -3.56. The quantitative estimate of drug-likeness (QED) is 0.574. The van der Waals surface area contributed by atoms with Gasteiger partial charge in [-0.1, -0.05) is 30.3 Å². The molecule has 0 radical (unpaired) electrons. The third-order valence-electron chi connectivity index (χ3n) is 4.64. The first-order chi connectivity index (χ1) is 14.0. The molecule has 2 amide bonds. The van der Waals surface area contributed by atoms with Gasteiger partial charge in [0.1, 0.15) is 11.6 Å². The van der Waals surface area contributed by atoms with Crippen molar-refractivity contribution in [2.45, 2.75) is 12.5 Å². The number of rotatable bonds is 6. The van der Waals surface area contributed by atoms with Gasteiger partial charge in [0.2, 0.25) is 0 Å². The van der Waals surface area contributed by atoms with Crippen LogP contribution < -0.4 is 10.6 Å². The minimum Gasteiger partial charge on any atom is -0.371 e. The summed E-state index contributed by atoms with van der Waals surface area (Å²) in [4.78, 5) is 25.9. The predicted molar refractivity (Wildman–Crippen MR) is 104 cm³/mol. The van der Waals surface area contributed by atoms with Gasteiger partial charge in [0.05, 0.1) is 18.4 Å². The van der Waals surface area contributed by atoms with E-state index in [0.717, 1.165) is 37.3 Å². The minimum atomic E-state index is -0.994. The van der Waals surface area contributed by atoms with Crippen LogP contribution in [0, 0.1) is 11.6 Å². The Hall–Kier alpha value is -2.84. The maximum absolute atomic E-state index is 13.5. The van der Waals surface area contributed by atoms with E-state index in [1.807, 2.05) is 30.3 Å². The summed E-state index contributed by atoms with van der Waals surface area (Å²) in [5.41, 5.74) is 0.891. The van der Waals surface area contributed by atoms with Crippen molar-refractivity contribution in [3.05, 3.63) is 65.7 Å². The zero-order valence-corrected chi connectivity index (χ0v) is 15.9. The Morgan fingerprint density at radius 1 is 1.10 bits per heavy atom. The molecule has 1 fully saturated rings. The largest absolute Gasteiger partial charge is 0.371 e. The van der Waals surface area contributed by atoms with E-state index in [0.29, 0.717) is 25.6 Å². The van der Waals surface area contributed by atoms with Crippen molar-refractivity contribution in [2.75, 3.05) is 38.1 Å². The number of amides is 2. The summed E-state index contributed by atoms with van der Waals surface area (Å²) in [6, 6.07) is 12.7. The zero-order valence-electron chi connectivity index (χ0n) is 15.9. The van der Waals surface area contributed by atoms with Gasteiger partial charge in [-0.2, -0.15) is 0 Å². The van der Waals surface area contributed by atoms with Crippen LogP contribution in [0.2, 0.25) is 0 Å². The second kappa shape index (κ2) is 10.1. The van der Waals surface area contributed by atoms with Crippen molar-refractivity contribution in [1.29, 1.82) is 0 Å². The molecular weight excluding hydrogens is 380 g/mol. The number of halogens is 2. The molecule has 1 atom stereocenters. The Morgan fingerprint density at radius 3 is 2.66 bits per heavy atom. The molecule has 154 valence electrons. The molecule has 1 aliphatic heterocycles. The molecule has 0 bridgehead atoms. The molecule has 0 spiro atoms. The number of carbonyl (C=O) groups is 2. The molecule has 3 rings (SSSR count). The molecule has 29 heavy (non-hydrogen) atoms. The number of nitrogens with zero attached hydrogens (tertiary/aromatic N) is 1. The van der Waals surface area contributed by atoms with E-state index in [2.05, 4.69) is 15.5 Å². The topological polar surface area (TPSA) is 70.7 Å². The second-order valence-corrected chi connectivity index (χ2v) is 6.76. The van der Waals surface area contributed by atoms with Crippen LogP contribution in [-0.4, -0.2) is 49.5 Å². The van der Waals surface area contributed by atoms with E-state index in [9.17, 15) is 18.4 Å². The molecule has 1 heterocycles. The van der Waals surface area contributed by atoms with Gasteiger partial charge >= 0.3 is 11.8 Å². The first kappa shape index (κ1) is 20.9. The Morgan fingerprint density at radius 2 is 1.90 bits per heavy atom. The predicted octanol–water partition coefficient (Wildman–Crippen LogP) is 2.48. The van der Waals surface area contributed by atoms with Gasteiger partial charge in [-0.15, -0.1) is 0 Å². The number of hydrogen-bond donors (Lipinski definition) is 2. The summed E-state index contributed by atoms with van der Waals surface area (Å²) in [7, 11) is 0. The highest BCUT2D eigenvalue weighted by Gasteiger charge is 2.21. The lowest BCUT2D eigenvalue weighted by Gasteiger charge is -2.33. The van der Waals surface area contributed by atoms with Gasteiger partial charge < -0.3 is 15.4 Å². The Labute approximate surface area is 167 Å². The number of benzene rings is 2. The molecule has 1 saturated heterocycles. The number of nitrogens with one attached hydrogen (secondary N) is 2. The van der Waals surface area contributed by atoms with Gasteiger partial charge in [-0.05, 0) is 24.1 Å². The number of ether oxygens (including phenoxy) is 1. The number of morpholine rings is 1. The van der Waals surface area contributed by atoms with Crippen LogP contribution in [0.25, 0.3) is 0 Å². The smallest absolute Gasteiger partial charge is 0.313 e. The van der Waals surface area contributed by atoms with Crippen molar-refractivity contribution >= 4 is 17.5 Å². The normalized spacial score (nSPS) is 17.0. The van der Waals surface area contributed by atoms with Crippen LogP contribution in [0.4, 0.5) is 14.5 Å². The van der Waals surface area contributed by atoms with Crippen molar-refractivity contribution in [3.8, 4) is 0 Å². The zero-order chi connectivity index (χ0) is 20.6. The summed E-state index contributed by atoms with van der Waals surface area (Å²) in [6.45, 7) is 3.27. The molecule has 1 unspecified atom stereocenters. The molecule has 0 aromatic heterocycles. The van der Waals surface area contributed by atoms with Crippen molar-refractivity contribution in [3.63, 3.8) is 0 Å². The summed E-state index contributed by atoms with van der Waals surface area (Å²) < 4.78 is 32.2. The lowest BCUT2D eigenvalue weighted by atomic mass is 10.1. The molecule has 2 N–H and O–H groups in total. The van der Waals surface area contributed by atoms with Crippen LogP contribution in [0.1, 0.15) is 18.1 Å². The van der Waals surface area contributed by atoms with Crippen LogP contribution >= 0.6 is 0 Å². The van der Waals surface area contributed by atoms with Gasteiger partial charge in [0.15, 0.2) is 0 Å². The van der Waals surface area contributed by atoms with Gasteiger partial charge in [0.25, 0.3) is 0 Å². The lowest BCUT2D eigenvalue weighted by molar-refractivity contribution is -0.136. The molecule has 0 aliphatic carbocycles. The number of hydrogen-bond acceptors (Lipinski definition) is 4. The summed E-state index contributed by atoms with van der Waals surface area (Å²) in [5, 5.41) is 4.64. The van der Waals surface area contributed by atoms with E-state index in [1.54, 1.807) is 0 Å². The monoisotopic (exact) mass is 403 g/mol. The second-order valence-electron chi connectivity index (χ2n) is 6.76. The fraction of sp³-hybridized carbons (Fsp3) is 0.333. The van der Waals surface area contributed by atoms with Crippen LogP contribution in [0.15, 0.2) is 48.5 Å². The Balaban J connectivity index is 1.38. The average molecular weight is 403 g/mol. The Kier molecular flexibility index (Phi) is 7.26. The van der Waals surface area contributed by atoms with E-state index >= 15 is 0 Å². The van der Waals surface area contributed by atoms with Gasteiger partial charge in [0, 0.05) is 32.2 Å². The molecule has 0 saturated carbocycles. The SMILES string of the molecule is O=C(NCCCN1CCOC(c2ccccc2)C1)C(=O)Nc1ccc(F)cc1F. The maximum Gasteiger partial charge on any atom is 0.313 e. The molecule has 6 nitrogen and oxygen atoms in total. The highest BCUT2D eigenvalue weighted by molar-refractivity contribution is 6.39. The standard InChI is InChI=1S/C21H23F2N3O3/c22-16-7-8-18(17(23)13-16)25-21(28)20(27)24-9-4-10-26-11-12-29-19(14-26)15-5-2-1-3-6-15/h1-3,5-8,13,19H,4,9-12,14H2,(H,24,27)(H,25,28). The van der Waals surface area contributed by atoms with E-state index in [-0.39, 0.29) is 11.8 Å². The average Bonchev–Trinajstić information content (AvgIpc) is 2.74. The van der Waals surface area contributed by atoms with Crippen LogP contribution in [0.3, 0.4) is 0 Å². The van der Waals surface area contributed by atoms with Gasteiger partial charge in [-0.25, -0.2) is 8.78 Å². The Bertz CT molecular complexity index is 848. The van der Waals surface area contributed by atoms with Crippen LogP contribution in [-0.2, 0) is 14.3 Å². The molecule has 2 aromatic carbocycles. The molecular formula is C21H23F2N3O3. The maximum atomic E-state index is 13.5. The third kappa shape index (κ3) is 6.07. The van der Waals surface area contributed by atoms with Crippen molar-refractivity contribution < 1.29 is 23.1 Å². The first-order valence-corrected chi connectivity index (χ1v) is 9.46. The highest BCUT2D eigenvalue weighted by atomic mass is 19.1. The molecule has 2 aromatic rings. The minimum absolute atomic E-state index is 0.0240.